The Morgan fingerprint density at radius 1 is 0.968 bits per heavy atom. The van der Waals surface area contributed by atoms with Crippen molar-refractivity contribution in [3.63, 3.8) is 0 Å². The van der Waals surface area contributed by atoms with Gasteiger partial charge in [0, 0.05) is 84.6 Å². The van der Waals surface area contributed by atoms with Crippen LogP contribution >= 0.6 is 0 Å². The van der Waals surface area contributed by atoms with Gasteiger partial charge in [-0.15, -0.1) is 0 Å². The molecule has 2 N–H and O–H groups in total. The molecule has 1 unspecified atom stereocenters. The molecule has 13 heteroatoms. The Balaban J connectivity index is 0.874. The maximum atomic E-state index is 14.2. The molecule has 11 rings (SSSR count). The molecule has 334 valence electrons. The van der Waals surface area contributed by atoms with Crippen molar-refractivity contribution in [1.82, 2.24) is 14.6 Å². The smallest absolute Gasteiger partial charge is 0.280 e. The fourth-order valence-corrected chi connectivity index (χ4v) is 13.1. The number of carbonyl (C=O) groups is 1. The molecule has 12 nitrogen and oxygen atoms in total. The average molecular weight is 875 g/mol. The third-order valence-corrected chi connectivity index (χ3v) is 16.8. The Labute approximate surface area is 372 Å². The Morgan fingerprint density at radius 2 is 1.73 bits per heavy atom. The van der Waals surface area contributed by atoms with E-state index in [9.17, 15) is 18.1 Å². The topological polar surface area (TPSA) is 130 Å². The largest absolute Gasteiger partial charge is 0.481 e. The number of fused-ring (bicyclic) bond motifs is 2. The number of benzene rings is 2. The lowest BCUT2D eigenvalue weighted by atomic mass is 9.33. The van der Waals surface area contributed by atoms with Gasteiger partial charge in [0.05, 0.1) is 23.2 Å². The van der Waals surface area contributed by atoms with Crippen LogP contribution in [0.2, 0.25) is 0 Å². The van der Waals surface area contributed by atoms with Crippen molar-refractivity contribution in [2.75, 3.05) is 55.6 Å². The van der Waals surface area contributed by atoms with Crippen molar-refractivity contribution < 1.29 is 22.7 Å². The van der Waals surface area contributed by atoms with E-state index in [4.69, 9.17) is 4.74 Å². The van der Waals surface area contributed by atoms with Crippen LogP contribution in [0.5, 0.6) is 5.75 Å². The Bertz CT molecular complexity index is 2530. The number of piperazine rings is 1. The molecule has 2 aromatic carbocycles. The third kappa shape index (κ3) is 8.17. The van der Waals surface area contributed by atoms with Crippen molar-refractivity contribution in [1.29, 1.82) is 0 Å². The first-order chi connectivity index (χ1) is 30.0. The summed E-state index contributed by atoms with van der Waals surface area (Å²) in [6.07, 6.45) is 18.4. The van der Waals surface area contributed by atoms with Gasteiger partial charge in [-0.3, -0.25) is 9.69 Å². The first-order valence-electron chi connectivity index (χ1n) is 23.3. The number of nitrogens with zero attached hydrogens (tertiary/aromatic N) is 5. The Hall–Kier alpha value is -4.75. The molecule has 4 saturated carbocycles. The Morgan fingerprint density at radius 3 is 2.48 bits per heavy atom. The van der Waals surface area contributed by atoms with Crippen LogP contribution in [-0.4, -0.2) is 86.6 Å². The average Bonchev–Trinajstić information content (AvgIpc) is 3.69. The van der Waals surface area contributed by atoms with Crippen LogP contribution in [0.4, 0.5) is 22.9 Å². The van der Waals surface area contributed by atoms with E-state index in [0.29, 0.717) is 40.8 Å². The van der Waals surface area contributed by atoms with Crippen LogP contribution < -0.4 is 19.3 Å². The Kier molecular flexibility index (Phi) is 10.4. The number of nitrogens with one attached hydrogen (secondary N) is 2. The highest BCUT2D eigenvalue weighted by Crippen LogP contribution is 2.77. The second-order valence-corrected chi connectivity index (χ2v) is 23.2. The standard InChI is InChI=1S/C50H63N7O5S/c1-34-6-8-35(9-7-34)28-56-22-23-57(59)43-25-39(11-13-42(43)56)63(60,61)53-46(58)40-12-10-38(24-44(40)62-49(5)26-36-15-17-51-45(36)52-33-49)55-20-18-54(19-21-55)29-37-14-16-47(2,3)27-41(37)50-30-48(4,31-50)32-50/h10-13,15,17,24-25,28,33-34,51H,6-9,14,16,18-23,26-27,29-32H2,1-5H3/p+1. The zero-order valence-electron chi connectivity index (χ0n) is 37.8. The third-order valence-electron chi connectivity index (χ3n) is 15.5. The number of aliphatic imine (C=N–C) groups is 1. The minimum absolute atomic E-state index is 0.0978. The van der Waals surface area contributed by atoms with E-state index in [0.717, 1.165) is 80.2 Å². The number of ether oxygens (including phenoxy) is 1. The van der Waals surface area contributed by atoms with Gasteiger partial charge in [0.2, 0.25) is 6.54 Å². The molecular weight excluding hydrogens is 811 g/mol. The van der Waals surface area contributed by atoms with Gasteiger partial charge in [-0.2, -0.15) is 0 Å². The van der Waals surface area contributed by atoms with Crippen molar-refractivity contribution in [2.45, 2.75) is 116 Å². The minimum atomic E-state index is -4.39. The van der Waals surface area contributed by atoms with E-state index in [1.807, 2.05) is 31.3 Å². The van der Waals surface area contributed by atoms with Crippen LogP contribution in [0.25, 0.3) is 0 Å². The number of hydrogen-bond acceptors (Lipinski definition) is 9. The number of amides is 1. The molecule has 5 fully saturated rings. The van der Waals surface area contributed by atoms with E-state index >= 15 is 0 Å². The molecule has 1 saturated heterocycles. The summed E-state index contributed by atoms with van der Waals surface area (Å²) in [4.78, 5) is 41.9. The van der Waals surface area contributed by atoms with Crippen LogP contribution in [0.3, 0.4) is 0 Å². The van der Waals surface area contributed by atoms with E-state index in [1.165, 1.54) is 56.2 Å². The van der Waals surface area contributed by atoms with Gasteiger partial charge in [0.25, 0.3) is 21.6 Å². The van der Waals surface area contributed by atoms with Crippen LogP contribution in [0, 0.1) is 27.1 Å². The van der Waals surface area contributed by atoms with Gasteiger partial charge in [0.1, 0.15) is 22.9 Å². The molecular formula is C50H64N7O5S+. The zero-order valence-corrected chi connectivity index (χ0v) is 38.6. The van der Waals surface area contributed by atoms with E-state index in [-0.39, 0.29) is 28.4 Å². The minimum Gasteiger partial charge on any atom is -0.481 e. The number of hydrogen-bond donors (Lipinski definition) is 2. The van der Waals surface area contributed by atoms with E-state index in [1.54, 1.807) is 29.5 Å². The first-order valence-corrected chi connectivity index (χ1v) is 24.8. The molecule has 1 atom stereocenters. The number of sulfonamides is 1. The summed E-state index contributed by atoms with van der Waals surface area (Å²) in [6.45, 7) is 16.8. The molecule has 0 radical (unpaired) electrons. The monoisotopic (exact) mass is 874 g/mol. The maximum Gasteiger partial charge on any atom is 0.280 e. The lowest BCUT2D eigenvalue weighted by molar-refractivity contribution is -0.462. The van der Waals surface area contributed by atoms with Gasteiger partial charge in [-0.25, -0.2) is 18.1 Å². The lowest BCUT2D eigenvalue weighted by Crippen LogP contribution is -2.61. The molecule has 3 aromatic rings. The summed E-state index contributed by atoms with van der Waals surface area (Å²) < 4.78 is 37.8. The van der Waals surface area contributed by atoms with Crippen molar-refractivity contribution in [3.8, 4) is 5.75 Å². The maximum absolute atomic E-state index is 14.2. The summed E-state index contributed by atoms with van der Waals surface area (Å²) in [7, 11) is -4.39. The number of carbonyl (C=O) groups excluding carboxylic acids is 1. The zero-order chi connectivity index (χ0) is 43.9. The highest BCUT2D eigenvalue weighted by Gasteiger charge is 2.66. The number of allylic oxidation sites excluding steroid dienone is 2. The van der Waals surface area contributed by atoms with Gasteiger partial charge >= 0.3 is 0 Å². The molecule has 3 aliphatic heterocycles. The second kappa shape index (κ2) is 15.5. The number of rotatable bonds is 10. The number of aromatic amines is 1. The van der Waals surface area contributed by atoms with Gasteiger partial charge < -0.3 is 19.5 Å². The van der Waals surface area contributed by atoms with Crippen molar-refractivity contribution in [2.24, 2.45) is 27.2 Å². The van der Waals surface area contributed by atoms with Gasteiger partial charge in [-0.05, 0) is 124 Å². The predicted molar refractivity (Wildman–Crippen MR) is 248 cm³/mol. The lowest BCUT2D eigenvalue weighted by Gasteiger charge is -2.72. The molecule has 4 heterocycles. The van der Waals surface area contributed by atoms with Gasteiger partial charge in [0.15, 0.2) is 0 Å². The summed E-state index contributed by atoms with van der Waals surface area (Å²) in [5.74, 6) is 0.942. The molecule has 2 bridgehead atoms. The second-order valence-electron chi connectivity index (χ2n) is 21.5. The summed E-state index contributed by atoms with van der Waals surface area (Å²) in [5.41, 5.74) is 8.29. The fourth-order valence-electron chi connectivity index (χ4n) is 12.1. The SMILES string of the molecule is CC1CCC(=CN2CC[N+](=O)c3cc(S(=O)(=O)NC(=O)c4ccc(N5CCN(CC6=C(C78CC(C)(C7)C8)CC(C)(C)CC6)CC5)cc4OC4(C)C=Nc5[nH]ccc5C4)ccc32)CC1. The fraction of sp³-hybridized carbons (Fsp3) is 0.560. The number of aromatic nitrogens is 1. The van der Waals surface area contributed by atoms with Crippen molar-refractivity contribution in [3.05, 3.63) is 87.6 Å². The molecule has 8 aliphatic rings. The molecule has 5 aliphatic carbocycles. The quantitative estimate of drug-likeness (QED) is 0.152. The molecule has 0 spiro atoms. The van der Waals surface area contributed by atoms with E-state index < -0.39 is 21.5 Å². The number of H-pyrrole nitrogens is 1. The molecule has 63 heavy (non-hydrogen) atoms. The normalized spacial score (nSPS) is 29.1. The highest BCUT2D eigenvalue weighted by molar-refractivity contribution is 7.90. The summed E-state index contributed by atoms with van der Waals surface area (Å²) in [5, 5.41) is 0. The summed E-state index contributed by atoms with van der Waals surface area (Å²) >= 11 is 0. The van der Waals surface area contributed by atoms with Gasteiger partial charge in [-0.1, -0.05) is 44.4 Å². The summed E-state index contributed by atoms with van der Waals surface area (Å²) in [6, 6.07) is 11.9. The van der Waals surface area contributed by atoms with Crippen molar-refractivity contribution >= 4 is 45.0 Å². The number of nitroso groups, excluding NO2 is 1. The van der Waals surface area contributed by atoms with E-state index in [2.05, 4.69) is 63.3 Å². The highest BCUT2D eigenvalue weighted by atomic mass is 32.2. The predicted octanol–water partition coefficient (Wildman–Crippen LogP) is 9.37. The van der Waals surface area contributed by atoms with Crippen LogP contribution in [-0.2, 0) is 16.4 Å². The van der Waals surface area contributed by atoms with Crippen LogP contribution in [0.15, 0.2) is 81.5 Å². The molecule has 1 aromatic heterocycles. The molecule has 1 amide bonds. The first kappa shape index (κ1) is 42.2. The van der Waals surface area contributed by atoms with Crippen LogP contribution in [0.1, 0.15) is 115 Å². The number of anilines is 2.